The molecule has 0 aliphatic rings. The lowest BCUT2D eigenvalue weighted by Gasteiger charge is -2.12. The number of carbonyl (C=O) groups excluding carboxylic acids is 1. The number of aromatic nitrogens is 2. The summed E-state index contributed by atoms with van der Waals surface area (Å²) in [7, 11) is 0. The Morgan fingerprint density at radius 1 is 0.600 bits per heavy atom. The molecule has 0 amide bonds. The van der Waals surface area contributed by atoms with Crippen molar-refractivity contribution in [3.63, 3.8) is 0 Å². The molecule has 0 aliphatic heterocycles. The Morgan fingerprint density at radius 3 is 1.43 bits per heavy atom. The van der Waals surface area contributed by atoms with Gasteiger partial charge in [-0.25, -0.2) is 0 Å². The van der Waals surface area contributed by atoms with E-state index in [-0.39, 0.29) is 39.9 Å². The van der Waals surface area contributed by atoms with E-state index in [0.717, 1.165) is 0 Å². The summed E-state index contributed by atoms with van der Waals surface area (Å²) in [6, 6.07) is 14.9. The first-order valence-corrected chi connectivity index (χ1v) is 8.95. The average molecular weight is 400 g/mol. The first-order valence-electron chi connectivity index (χ1n) is 8.95. The molecule has 0 fully saturated rings. The minimum Gasteiger partial charge on any atom is -0.504 e. The molecule has 0 spiro atoms. The van der Waals surface area contributed by atoms with Crippen LogP contribution in [0.4, 0.5) is 0 Å². The second-order valence-electron chi connectivity index (χ2n) is 6.54. The Hall–Kier alpha value is -4.39. The van der Waals surface area contributed by atoms with E-state index in [0.29, 0.717) is 22.5 Å². The molecule has 148 valence electrons. The molecular formula is C23H16N2O5. The van der Waals surface area contributed by atoms with Crippen LogP contribution in [0.2, 0.25) is 0 Å². The van der Waals surface area contributed by atoms with Gasteiger partial charge in [0, 0.05) is 34.6 Å². The van der Waals surface area contributed by atoms with Crippen LogP contribution in [-0.2, 0) is 0 Å². The number of hydrogen-bond acceptors (Lipinski definition) is 7. The van der Waals surface area contributed by atoms with Gasteiger partial charge in [-0.15, -0.1) is 0 Å². The van der Waals surface area contributed by atoms with Crippen LogP contribution in [0.25, 0.3) is 22.5 Å². The maximum absolute atomic E-state index is 13.4. The maximum atomic E-state index is 13.4. The summed E-state index contributed by atoms with van der Waals surface area (Å²) >= 11 is 0. The van der Waals surface area contributed by atoms with Gasteiger partial charge in [0.1, 0.15) is 0 Å². The van der Waals surface area contributed by atoms with E-state index in [4.69, 9.17) is 0 Å². The molecule has 2 aromatic carbocycles. The van der Waals surface area contributed by atoms with Crippen molar-refractivity contribution in [2.24, 2.45) is 0 Å². The maximum Gasteiger partial charge on any atom is 0.197 e. The first kappa shape index (κ1) is 18.9. The number of nitrogens with zero attached hydrogens (tertiary/aromatic N) is 2. The molecule has 0 aliphatic carbocycles. The topological polar surface area (TPSA) is 124 Å². The highest BCUT2D eigenvalue weighted by Gasteiger charge is 2.21. The Labute approximate surface area is 171 Å². The molecule has 4 aromatic rings. The first-order chi connectivity index (χ1) is 14.5. The summed E-state index contributed by atoms with van der Waals surface area (Å²) in [5.41, 5.74) is 2.14. The number of hydrogen-bond donors (Lipinski definition) is 4. The minimum absolute atomic E-state index is 0.274. The molecule has 7 nitrogen and oxygen atoms in total. The van der Waals surface area contributed by atoms with Crippen molar-refractivity contribution in [3.8, 4) is 45.5 Å². The Bertz CT molecular complexity index is 1170. The van der Waals surface area contributed by atoms with Gasteiger partial charge >= 0.3 is 0 Å². The van der Waals surface area contributed by atoms with E-state index in [9.17, 15) is 25.2 Å². The summed E-state index contributed by atoms with van der Waals surface area (Å²) < 4.78 is 0. The predicted octanol–water partition coefficient (Wildman–Crippen LogP) is 3.86. The number of benzene rings is 2. The number of phenols is 4. The lowest BCUT2D eigenvalue weighted by atomic mass is 9.95. The third kappa shape index (κ3) is 3.40. The molecular weight excluding hydrogens is 384 g/mol. The number of ketones is 1. The van der Waals surface area contributed by atoms with E-state index < -0.39 is 0 Å². The van der Waals surface area contributed by atoms with Gasteiger partial charge in [-0.2, -0.15) is 0 Å². The van der Waals surface area contributed by atoms with Crippen molar-refractivity contribution in [3.05, 3.63) is 84.2 Å². The Morgan fingerprint density at radius 2 is 1.03 bits per heavy atom. The van der Waals surface area contributed by atoms with Crippen molar-refractivity contribution in [2.45, 2.75) is 0 Å². The Balaban J connectivity index is 1.84. The molecule has 2 heterocycles. The molecule has 0 saturated heterocycles. The van der Waals surface area contributed by atoms with E-state index in [2.05, 4.69) is 9.97 Å². The number of rotatable bonds is 4. The predicted molar refractivity (Wildman–Crippen MR) is 109 cm³/mol. The second kappa shape index (κ2) is 7.56. The zero-order valence-electron chi connectivity index (χ0n) is 15.5. The molecule has 0 saturated carbocycles. The highest BCUT2D eigenvalue weighted by Crippen LogP contribution is 2.34. The molecule has 0 unspecified atom stereocenters. The zero-order valence-corrected chi connectivity index (χ0v) is 15.5. The van der Waals surface area contributed by atoms with Crippen LogP contribution in [0, 0.1) is 0 Å². The lowest BCUT2D eigenvalue weighted by Crippen LogP contribution is -2.07. The van der Waals surface area contributed by atoms with Crippen molar-refractivity contribution in [1.29, 1.82) is 0 Å². The molecule has 0 atom stereocenters. The summed E-state index contributed by atoms with van der Waals surface area (Å²) in [6.45, 7) is 0. The quantitative estimate of drug-likeness (QED) is 0.303. The van der Waals surface area contributed by atoms with E-state index in [1.807, 2.05) is 0 Å². The smallest absolute Gasteiger partial charge is 0.197 e. The van der Waals surface area contributed by atoms with Crippen molar-refractivity contribution >= 4 is 5.78 Å². The molecule has 4 rings (SSSR count). The SMILES string of the molecule is O=C(c1cccnc1-c1ccc(O)c(O)c1)c1cccnc1-c1ccc(O)c(O)c1. The summed E-state index contributed by atoms with van der Waals surface area (Å²) in [5.74, 6) is -1.55. The van der Waals surface area contributed by atoms with Gasteiger partial charge in [-0.05, 0) is 60.7 Å². The molecule has 30 heavy (non-hydrogen) atoms. The average Bonchev–Trinajstić information content (AvgIpc) is 2.77. The number of carbonyl (C=O) groups is 1. The lowest BCUT2D eigenvalue weighted by molar-refractivity contribution is 0.103. The fourth-order valence-corrected chi connectivity index (χ4v) is 3.12. The van der Waals surface area contributed by atoms with E-state index in [1.165, 1.54) is 36.7 Å². The van der Waals surface area contributed by atoms with Crippen LogP contribution in [0.15, 0.2) is 73.1 Å². The standard InChI is InChI=1S/C23H16N2O5/c26-17-7-5-13(11-19(17)28)21-15(3-1-9-24-21)23(30)16-4-2-10-25-22(16)14-6-8-18(27)20(29)12-14/h1-12,26-29H. The van der Waals surface area contributed by atoms with E-state index >= 15 is 0 Å². The van der Waals surface area contributed by atoms with Crippen LogP contribution in [-0.4, -0.2) is 36.2 Å². The largest absolute Gasteiger partial charge is 0.504 e. The third-order valence-electron chi connectivity index (χ3n) is 4.60. The Kier molecular flexibility index (Phi) is 4.77. The molecule has 7 heteroatoms. The van der Waals surface area contributed by atoms with Gasteiger partial charge in [0.15, 0.2) is 28.8 Å². The molecule has 4 N–H and O–H groups in total. The second-order valence-corrected chi connectivity index (χ2v) is 6.54. The highest BCUT2D eigenvalue weighted by atomic mass is 16.3. The van der Waals surface area contributed by atoms with Gasteiger partial charge in [-0.3, -0.25) is 14.8 Å². The van der Waals surface area contributed by atoms with E-state index in [1.54, 1.807) is 36.4 Å². The fraction of sp³-hybridized carbons (Fsp3) is 0. The molecule has 0 bridgehead atoms. The fourth-order valence-electron chi connectivity index (χ4n) is 3.12. The summed E-state index contributed by atoms with van der Waals surface area (Å²) in [6.07, 6.45) is 3.05. The van der Waals surface area contributed by atoms with Crippen LogP contribution in [0.5, 0.6) is 23.0 Å². The normalized spacial score (nSPS) is 10.7. The van der Waals surface area contributed by atoms with Gasteiger partial charge in [-0.1, -0.05) is 0 Å². The molecule has 0 radical (unpaired) electrons. The van der Waals surface area contributed by atoms with Crippen LogP contribution >= 0.6 is 0 Å². The van der Waals surface area contributed by atoms with Crippen molar-refractivity contribution in [1.82, 2.24) is 9.97 Å². The van der Waals surface area contributed by atoms with Gasteiger partial charge in [0.05, 0.1) is 11.4 Å². The summed E-state index contributed by atoms with van der Waals surface area (Å²) in [5, 5.41) is 38.8. The van der Waals surface area contributed by atoms with Gasteiger partial charge in [0.25, 0.3) is 0 Å². The number of phenolic OH excluding ortho intramolecular Hbond substituents is 4. The zero-order chi connectivity index (χ0) is 21.3. The number of pyridine rings is 2. The molecule has 2 aromatic heterocycles. The highest BCUT2D eigenvalue weighted by molar-refractivity contribution is 6.15. The van der Waals surface area contributed by atoms with Crippen molar-refractivity contribution < 1.29 is 25.2 Å². The third-order valence-corrected chi connectivity index (χ3v) is 4.60. The van der Waals surface area contributed by atoms with Crippen LogP contribution in [0.3, 0.4) is 0 Å². The summed E-state index contributed by atoms with van der Waals surface area (Å²) in [4.78, 5) is 22.0. The minimum atomic E-state index is -0.360. The van der Waals surface area contributed by atoms with Gasteiger partial charge in [0.2, 0.25) is 0 Å². The monoisotopic (exact) mass is 400 g/mol. The van der Waals surface area contributed by atoms with Crippen molar-refractivity contribution in [2.75, 3.05) is 0 Å². The number of aromatic hydroxyl groups is 4. The van der Waals surface area contributed by atoms with Crippen LogP contribution < -0.4 is 0 Å². The van der Waals surface area contributed by atoms with Gasteiger partial charge < -0.3 is 20.4 Å². The van der Waals surface area contributed by atoms with Crippen LogP contribution in [0.1, 0.15) is 15.9 Å².